The lowest BCUT2D eigenvalue weighted by molar-refractivity contribution is 0.296. The highest BCUT2D eigenvalue weighted by atomic mass is 32.1. The van der Waals surface area contributed by atoms with Crippen LogP contribution in [0.15, 0.2) is 48.5 Å². The quantitative estimate of drug-likeness (QED) is 0.660. The van der Waals surface area contributed by atoms with Gasteiger partial charge in [-0.15, -0.1) is 22.7 Å². The molecule has 0 unspecified atom stereocenters. The van der Waals surface area contributed by atoms with Gasteiger partial charge in [0, 0.05) is 19.5 Å². The molecule has 0 aliphatic heterocycles. The number of hydrogen-bond donors (Lipinski definition) is 1. The van der Waals surface area contributed by atoms with E-state index in [2.05, 4.69) is 38.1 Å². The van der Waals surface area contributed by atoms with Crippen molar-refractivity contribution in [1.82, 2.24) is 0 Å². The van der Waals surface area contributed by atoms with Crippen molar-refractivity contribution in [2.24, 2.45) is 0 Å². The van der Waals surface area contributed by atoms with E-state index in [9.17, 15) is 5.21 Å². The Hall–Kier alpha value is -1.66. The molecule has 0 amide bonds. The van der Waals surface area contributed by atoms with Gasteiger partial charge in [0.2, 0.25) is 0 Å². The molecule has 0 radical (unpaired) electrons. The van der Waals surface area contributed by atoms with Crippen LogP contribution in [0.25, 0.3) is 0 Å². The second-order valence-electron chi connectivity index (χ2n) is 5.20. The fourth-order valence-electron chi connectivity index (χ4n) is 2.51. The SMILES string of the molecule is Cc1ccc(C(c2cccc(N([O-])O)c2)c2ccc(C)s2)s1. The van der Waals surface area contributed by atoms with Crippen molar-refractivity contribution in [2.75, 3.05) is 5.23 Å². The minimum Gasteiger partial charge on any atom is -0.733 e. The Morgan fingerprint density at radius 2 is 1.55 bits per heavy atom. The minimum absolute atomic E-state index is 0.0834. The first-order valence-corrected chi connectivity index (χ1v) is 8.56. The summed E-state index contributed by atoms with van der Waals surface area (Å²) in [4.78, 5) is 5.01. The molecule has 0 aliphatic rings. The van der Waals surface area contributed by atoms with Gasteiger partial charge in [-0.3, -0.25) is 5.21 Å². The van der Waals surface area contributed by atoms with Gasteiger partial charge in [-0.1, -0.05) is 12.1 Å². The lowest BCUT2D eigenvalue weighted by atomic mass is 9.95. The van der Waals surface area contributed by atoms with E-state index in [0.29, 0.717) is 0 Å². The second-order valence-corrected chi connectivity index (χ2v) is 7.84. The molecule has 0 saturated carbocycles. The molecule has 0 saturated heterocycles. The van der Waals surface area contributed by atoms with Gasteiger partial charge in [0.05, 0.1) is 11.6 Å². The molecule has 1 N–H and O–H groups in total. The van der Waals surface area contributed by atoms with E-state index in [0.717, 1.165) is 5.56 Å². The van der Waals surface area contributed by atoms with Crippen LogP contribution in [0, 0.1) is 19.1 Å². The zero-order chi connectivity index (χ0) is 15.7. The number of hydrogen-bond acceptors (Lipinski definition) is 5. The van der Waals surface area contributed by atoms with E-state index < -0.39 is 0 Å². The fraction of sp³-hybridized carbons (Fsp3) is 0.176. The van der Waals surface area contributed by atoms with Crippen molar-refractivity contribution in [3.05, 3.63) is 78.8 Å². The van der Waals surface area contributed by atoms with E-state index >= 15 is 0 Å². The first-order valence-electron chi connectivity index (χ1n) is 6.93. The highest BCUT2D eigenvalue weighted by molar-refractivity contribution is 7.13. The molecule has 3 rings (SSSR count). The maximum Gasteiger partial charge on any atom is 0.0528 e. The van der Waals surface area contributed by atoms with Crippen molar-refractivity contribution in [1.29, 1.82) is 0 Å². The van der Waals surface area contributed by atoms with Crippen LogP contribution >= 0.6 is 22.7 Å². The van der Waals surface area contributed by atoms with Crippen molar-refractivity contribution >= 4 is 28.4 Å². The summed E-state index contributed by atoms with van der Waals surface area (Å²) in [5.74, 6) is 0.0947. The summed E-state index contributed by atoms with van der Waals surface area (Å²) in [6, 6.07) is 15.7. The van der Waals surface area contributed by atoms with Gasteiger partial charge in [-0.25, -0.2) is 0 Å². The first kappa shape index (κ1) is 15.2. The van der Waals surface area contributed by atoms with Crippen LogP contribution in [0.5, 0.6) is 0 Å². The van der Waals surface area contributed by atoms with Gasteiger partial charge in [-0.05, 0) is 55.8 Å². The summed E-state index contributed by atoms with van der Waals surface area (Å²) in [5.41, 5.74) is 1.26. The number of benzene rings is 1. The summed E-state index contributed by atoms with van der Waals surface area (Å²) in [7, 11) is 0. The third-order valence-corrected chi connectivity index (χ3v) is 5.65. The monoisotopic (exact) mass is 330 g/mol. The highest BCUT2D eigenvalue weighted by Gasteiger charge is 2.20. The average molecular weight is 330 g/mol. The normalized spacial score (nSPS) is 11.1. The van der Waals surface area contributed by atoms with E-state index in [-0.39, 0.29) is 16.8 Å². The Labute approximate surface area is 137 Å². The Kier molecular flexibility index (Phi) is 4.31. The van der Waals surface area contributed by atoms with Crippen LogP contribution in [-0.4, -0.2) is 5.21 Å². The standard InChI is InChI=1S/C17H16NO2S2/c1-11-6-8-15(21-11)17(16-9-7-12(2)22-16)13-4-3-5-14(10-13)18(19)20/h3-10,17,19H,1-2H3/q-1. The van der Waals surface area contributed by atoms with Gasteiger partial charge in [-0.2, -0.15) is 0 Å². The van der Waals surface area contributed by atoms with Crippen LogP contribution in [0.1, 0.15) is 31.0 Å². The molecule has 0 spiro atoms. The Morgan fingerprint density at radius 1 is 0.955 bits per heavy atom. The predicted molar refractivity (Wildman–Crippen MR) is 93.1 cm³/mol. The number of nitrogens with zero attached hydrogens (tertiary/aromatic N) is 1. The Balaban J connectivity index is 2.11. The molecule has 114 valence electrons. The summed E-state index contributed by atoms with van der Waals surface area (Å²) >= 11 is 3.52. The average Bonchev–Trinajstić information content (AvgIpc) is 3.09. The van der Waals surface area contributed by atoms with E-state index in [1.807, 2.05) is 6.07 Å². The van der Waals surface area contributed by atoms with Crippen LogP contribution in [0.3, 0.4) is 0 Å². The number of rotatable bonds is 4. The molecule has 3 aromatic rings. The number of anilines is 1. The molecule has 0 bridgehead atoms. The third-order valence-electron chi connectivity index (χ3n) is 3.52. The number of thiophene rings is 2. The topological polar surface area (TPSA) is 46.5 Å². The van der Waals surface area contributed by atoms with E-state index in [1.54, 1.807) is 40.9 Å². The van der Waals surface area contributed by atoms with Gasteiger partial charge >= 0.3 is 0 Å². The van der Waals surface area contributed by atoms with Crippen LogP contribution in [-0.2, 0) is 0 Å². The van der Waals surface area contributed by atoms with Gasteiger partial charge in [0.25, 0.3) is 0 Å². The predicted octanol–water partition coefficient (Wildman–Crippen LogP) is 5.30. The van der Waals surface area contributed by atoms with Crippen molar-refractivity contribution in [3.8, 4) is 0 Å². The van der Waals surface area contributed by atoms with Crippen LogP contribution in [0.4, 0.5) is 5.69 Å². The summed E-state index contributed by atoms with van der Waals surface area (Å²) < 4.78 is 0. The largest absolute Gasteiger partial charge is 0.733 e. The molecular weight excluding hydrogens is 314 g/mol. The summed E-state index contributed by atoms with van der Waals surface area (Å²) in [5, 5.41) is 20.3. The Morgan fingerprint density at radius 3 is 2.00 bits per heavy atom. The summed E-state index contributed by atoms with van der Waals surface area (Å²) in [6.07, 6.45) is 0. The highest BCUT2D eigenvalue weighted by Crippen LogP contribution is 2.39. The van der Waals surface area contributed by atoms with Gasteiger partial charge in [0.1, 0.15) is 0 Å². The molecular formula is C17H16NO2S2-. The molecule has 22 heavy (non-hydrogen) atoms. The molecule has 0 fully saturated rings. The first-order chi connectivity index (χ1) is 10.5. The second kappa shape index (κ2) is 6.22. The Bertz CT molecular complexity index is 736. The molecule has 2 aromatic heterocycles. The maximum absolute atomic E-state index is 11.2. The molecule has 0 atom stereocenters. The smallest absolute Gasteiger partial charge is 0.0528 e. The maximum atomic E-state index is 11.2. The van der Waals surface area contributed by atoms with Gasteiger partial charge < -0.3 is 10.4 Å². The molecule has 3 nitrogen and oxygen atoms in total. The zero-order valence-electron chi connectivity index (χ0n) is 12.3. The molecule has 1 aromatic carbocycles. The lowest BCUT2D eigenvalue weighted by Gasteiger charge is -2.23. The zero-order valence-corrected chi connectivity index (χ0v) is 13.9. The lowest BCUT2D eigenvalue weighted by Crippen LogP contribution is -2.08. The minimum atomic E-state index is -0.0834. The van der Waals surface area contributed by atoms with E-state index in [4.69, 9.17) is 5.21 Å². The van der Waals surface area contributed by atoms with Crippen LogP contribution < -0.4 is 5.23 Å². The van der Waals surface area contributed by atoms with Crippen molar-refractivity contribution in [2.45, 2.75) is 19.8 Å². The third kappa shape index (κ3) is 3.08. The molecule has 5 heteroatoms. The van der Waals surface area contributed by atoms with Gasteiger partial charge in [0.15, 0.2) is 0 Å². The van der Waals surface area contributed by atoms with Crippen molar-refractivity contribution in [3.63, 3.8) is 0 Å². The van der Waals surface area contributed by atoms with Crippen molar-refractivity contribution < 1.29 is 5.21 Å². The fourth-order valence-corrected chi connectivity index (χ4v) is 4.63. The summed E-state index contributed by atoms with van der Waals surface area (Å²) in [6.45, 7) is 4.18. The van der Waals surface area contributed by atoms with E-state index in [1.165, 1.54) is 19.5 Å². The van der Waals surface area contributed by atoms with Crippen LogP contribution in [0.2, 0.25) is 0 Å². The molecule has 0 aliphatic carbocycles. The number of aryl methyl sites for hydroxylation is 2. The molecule has 2 heterocycles.